The summed E-state index contributed by atoms with van der Waals surface area (Å²) in [6.07, 6.45) is 10.8. The third-order valence-corrected chi connectivity index (χ3v) is 13.0. The molecule has 19 nitrogen and oxygen atoms in total. The minimum atomic E-state index is -3.42. The number of anilines is 1. The van der Waals surface area contributed by atoms with E-state index in [1.54, 1.807) is 22.2 Å². The Morgan fingerprint density at radius 3 is 1.82 bits per heavy atom. The number of piperidine rings is 3. The van der Waals surface area contributed by atoms with Gasteiger partial charge in [0.15, 0.2) is 11.5 Å². The van der Waals surface area contributed by atoms with Crippen LogP contribution in [-0.2, 0) is 39.4 Å². The number of nitrogens with two attached hydrogens (primary N) is 1. The van der Waals surface area contributed by atoms with Crippen molar-refractivity contribution < 1.29 is 45.2 Å². The summed E-state index contributed by atoms with van der Waals surface area (Å²) in [5.74, 6) is 1.39. The Labute approximate surface area is 438 Å². The van der Waals surface area contributed by atoms with Crippen molar-refractivity contribution in [2.24, 2.45) is 0 Å². The van der Waals surface area contributed by atoms with Crippen LogP contribution in [0, 0.1) is 0 Å². The van der Waals surface area contributed by atoms with Crippen LogP contribution in [0.2, 0.25) is 0 Å². The normalized spacial score (nSPS) is 16.5. The fourth-order valence-corrected chi connectivity index (χ4v) is 9.62. The van der Waals surface area contributed by atoms with Crippen molar-refractivity contribution in [3.63, 3.8) is 0 Å². The summed E-state index contributed by atoms with van der Waals surface area (Å²) in [5, 5.41) is 9.88. The van der Waals surface area contributed by atoms with Crippen molar-refractivity contribution in [3.8, 4) is 17.2 Å². The van der Waals surface area contributed by atoms with Gasteiger partial charge >= 0.3 is 12.2 Å². The monoisotopic (exact) mass is 1090 g/mol. The number of aliphatic hydroxyl groups excluding tert-OH is 1. The molecular weight excluding hydrogens is 1020 g/mol. The molecule has 4 aromatic heterocycles. The molecule has 3 aliphatic rings. The van der Waals surface area contributed by atoms with E-state index >= 15 is 0 Å². The second kappa shape index (κ2) is 26.4. The van der Waals surface area contributed by atoms with E-state index in [2.05, 4.69) is 65.4 Å². The lowest BCUT2D eigenvalue weighted by Gasteiger charge is -2.32. The van der Waals surface area contributed by atoms with Crippen LogP contribution in [0.25, 0.3) is 28.4 Å². The number of aliphatic hydroxyl groups is 1. The van der Waals surface area contributed by atoms with E-state index in [1.807, 2.05) is 95.9 Å². The zero-order valence-corrected chi connectivity index (χ0v) is 46.1. The number of carbonyl (C=O) groups is 2. The SMILES string of the molecule is CC(C)(C)OC(=O)N1CCC(O)CC1.CC(C)(C)OC(=O)N1CCC(OS(C)(=O)=O)CC1.CS(=O)(=O)Cl.Nc1cc(CN2CCC(Sc3ccc(-n4c(-c5ccccn5)nc5cccnc54)cc3)CC2)ccn1. The lowest BCUT2D eigenvalue weighted by molar-refractivity contribution is 0.00963. The van der Waals surface area contributed by atoms with Crippen molar-refractivity contribution in [3.05, 3.63) is 90.9 Å². The van der Waals surface area contributed by atoms with E-state index < -0.39 is 30.4 Å². The number of imidazole rings is 1. The highest BCUT2D eigenvalue weighted by Gasteiger charge is 2.29. The first kappa shape index (κ1) is 58.8. The van der Waals surface area contributed by atoms with Gasteiger partial charge in [0.25, 0.3) is 10.1 Å². The van der Waals surface area contributed by atoms with E-state index in [0.717, 1.165) is 60.5 Å². The topological polar surface area (TPSA) is 243 Å². The number of aromatic nitrogens is 5. The molecule has 3 aliphatic heterocycles. The van der Waals surface area contributed by atoms with Crippen molar-refractivity contribution in [2.45, 2.75) is 120 Å². The van der Waals surface area contributed by atoms with Gasteiger partial charge in [-0.2, -0.15) is 8.42 Å². The molecule has 0 unspecified atom stereocenters. The molecule has 1 aromatic carbocycles. The minimum Gasteiger partial charge on any atom is -0.444 e. The third kappa shape index (κ3) is 21.3. The number of pyridine rings is 3. The molecule has 2 amide bonds. The highest BCUT2D eigenvalue weighted by molar-refractivity contribution is 8.13. The van der Waals surface area contributed by atoms with Gasteiger partial charge in [0.2, 0.25) is 9.05 Å². The smallest absolute Gasteiger partial charge is 0.410 e. The molecule has 0 bridgehead atoms. The molecule has 0 aliphatic carbocycles. The van der Waals surface area contributed by atoms with Gasteiger partial charge in [-0.15, -0.1) is 11.8 Å². The van der Waals surface area contributed by atoms with Crippen LogP contribution in [-0.4, -0.2) is 154 Å². The molecule has 3 N–H and O–H groups in total. The van der Waals surface area contributed by atoms with E-state index in [4.69, 9.17) is 24.4 Å². The van der Waals surface area contributed by atoms with Gasteiger partial charge in [0.05, 0.1) is 24.7 Å². The van der Waals surface area contributed by atoms with Crippen LogP contribution >= 0.6 is 22.4 Å². The summed E-state index contributed by atoms with van der Waals surface area (Å²) in [7, 11) is -2.12. The number of ether oxygens (including phenoxy) is 2. The number of benzene rings is 1. The van der Waals surface area contributed by atoms with Crippen LogP contribution in [0.15, 0.2) is 90.2 Å². The summed E-state index contributed by atoms with van der Waals surface area (Å²) in [6.45, 7) is 16.2. The first-order valence-electron chi connectivity index (χ1n) is 24.0. The molecule has 3 saturated heterocycles. The number of rotatable bonds is 8. The Morgan fingerprint density at radius 1 is 0.740 bits per heavy atom. The largest absolute Gasteiger partial charge is 0.444 e. The molecule has 23 heteroatoms. The predicted octanol–water partition coefficient (Wildman–Crippen LogP) is 8.14. The summed E-state index contributed by atoms with van der Waals surface area (Å²) in [5.41, 5.74) is 9.67. The van der Waals surface area contributed by atoms with Crippen LogP contribution < -0.4 is 5.73 Å². The highest BCUT2D eigenvalue weighted by Crippen LogP contribution is 2.33. The van der Waals surface area contributed by atoms with Crippen molar-refractivity contribution in [1.82, 2.24) is 39.2 Å². The van der Waals surface area contributed by atoms with Gasteiger partial charge in [0.1, 0.15) is 28.2 Å². The summed E-state index contributed by atoms with van der Waals surface area (Å²) in [4.78, 5) is 48.4. The van der Waals surface area contributed by atoms with E-state index in [9.17, 15) is 31.5 Å². The quantitative estimate of drug-likeness (QED) is 0.110. The lowest BCUT2D eigenvalue weighted by atomic mass is 10.1. The number of hydrogen-bond acceptors (Lipinski definition) is 17. The molecule has 3 fully saturated rings. The predicted molar refractivity (Wildman–Crippen MR) is 285 cm³/mol. The summed E-state index contributed by atoms with van der Waals surface area (Å²) < 4.78 is 58.2. The fourth-order valence-electron chi connectivity index (χ4n) is 7.81. The Balaban J connectivity index is 0.000000222. The molecule has 5 aromatic rings. The number of amides is 2. The first-order valence-corrected chi connectivity index (χ1v) is 29.5. The average molecular weight is 1090 g/mol. The van der Waals surface area contributed by atoms with Crippen molar-refractivity contribution >= 4 is 70.8 Å². The lowest BCUT2D eigenvalue weighted by Crippen LogP contribution is -2.43. The number of nitrogens with zero attached hydrogens (tertiary/aromatic N) is 8. The third-order valence-electron chi connectivity index (χ3n) is 11.0. The number of fused-ring (bicyclic) bond motifs is 1. The average Bonchev–Trinajstić information content (AvgIpc) is 3.69. The number of likely N-dealkylation sites (tertiary alicyclic amines) is 3. The van der Waals surface area contributed by atoms with Crippen LogP contribution in [0.1, 0.15) is 85.6 Å². The van der Waals surface area contributed by atoms with Crippen LogP contribution in [0.3, 0.4) is 0 Å². The maximum absolute atomic E-state index is 11.8. The maximum Gasteiger partial charge on any atom is 0.410 e. The van der Waals surface area contributed by atoms with Crippen molar-refractivity contribution in [1.29, 1.82) is 0 Å². The number of nitrogen functional groups attached to an aromatic ring is 1. The maximum atomic E-state index is 11.8. The molecule has 0 radical (unpaired) electrons. The Hall–Kier alpha value is -5.10. The molecule has 7 heterocycles. The van der Waals surface area contributed by atoms with Gasteiger partial charge in [-0.05, 0) is 159 Å². The molecule has 0 saturated carbocycles. The number of hydrogen-bond donors (Lipinski definition) is 2. The van der Waals surface area contributed by atoms with Gasteiger partial charge in [-0.1, -0.05) is 6.07 Å². The zero-order chi connectivity index (χ0) is 53.6. The highest BCUT2D eigenvalue weighted by atomic mass is 35.7. The zero-order valence-electron chi connectivity index (χ0n) is 42.9. The van der Waals surface area contributed by atoms with Gasteiger partial charge in [-0.3, -0.25) is 18.6 Å². The molecule has 0 spiro atoms. The standard InChI is InChI=1S/C28H27N7S.C11H21NO5S.C10H19NO3.CH3ClO2S/c29-26-18-20(10-15-31-26)19-34-16-11-23(12-17-34)36-22-8-6-21(7-9-22)35-27-25(5-3-14-32-27)33-28(35)24-4-1-2-13-30-24;1-11(2,3)16-10(13)12-7-5-9(6-8-12)17-18(4,14)15;1-10(2,3)14-9(13)11-6-4-8(12)5-7-11;1-5(2,3)4/h1-10,13-15,18,23H,11-12,16-17,19H2,(H2,29,31);9H,5-8H2,1-4H3;8,12H,4-7H2,1-3H3;1H3. The van der Waals surface area contributed by atoms with E-state index in [1.165, 1.54) is 23.3 Å². The molecular formula is C50H70ClN9O10S3. The second-order valence-electron chi connectivity index (χ2n) is 19.9. The van der Waals surface area contributed by atoms with E-state index in [0.29, 0.717) is 62.9 Å². The Bertz CT molecular complexity index is 2760. The van der Waals surface area contributed by atoms with Gasteiger partial charge in [0, 0.05) is 77.8 Å². The van der Waals surface area contributed by atoms with Crippen LogP contribution in [0.4, 0.5) is 15.4 Å². The first-order chi connectivity index (χ1) is 34.2. The molecule has 400 valence electrons. The van der Waals surface area contributed by atoms with Crippen LogP contribution in [0.5, 0.6) is 0 Å². The summed E-state index contributed by atoms with van der Waals surface area (Å²) in [6, 6.07) is 22.6. The van der Waals surface area contributed by atoms with Crippen molar-refractivity contribution in [2.75, 3.05) is 57.5 Å². The molecule has 0 atom stereocenters. The van der Waals surface area contributed by atoms with Gasteiger partial charge in [-0.25, -0.2) is 33.0 Å². The number of carbonyl (C=O) groups excluding carboxylic acids is 2. The Morgan fingerprint density at radius 2 is 1.30 bits per heavy atom. The molecule has 73 heavy (non-hydrogen) atoms. The minimum absolute atomic E-state index is 0.256. The molecule has 8 rings (SSSR count). The Kier molecular flexibility index (Phi) is 21.3. The van der Waals surface area contributed by atoms with E-state index in [-0.39, 0.29) is 24.4 Å². The number of halogens is 1. The fraction of sp³-hybridized carbons (Fsp3) is 0.520. The number of thioether (sulfide) groups is 1. The second-order valence-corrected chi connectivity index (χ2v) is 25.9. The summed E-state index contributed by atoms with van der Waals surface area (Å²) >= 11 is 1.98. The van der Waals surface area contributed by atoms with Gasteiger partial charge < -0.3 is 30.1 Å².